The van der Waals surface area contributed by atoms with E-state index in [0.717, 1.165) is 5.56 Å². The number of rotatable bonds is 6. The first-order chi connectivity index (χ1) is 10.1. The van der Waals surface area contributed by atoms with Crippen molar-refractivity contribution in [1.29, 1.82) is 0 Å². The van der Waals surface area contributed by atoms with Gasteiger partial charge in [-0.25, -0.2) is 4.39 Å². The van der Waals surface area contributed by atoms with Crippen molar-refractivity contribution >= 4 is 0 Å². The van der Waals surface area contributed by atoms with E-state index in [1.165, 1.54) is 6.07 Å². The van der Waals surface area contributed by atoms with Gasteiger partial charge in [0, 0.05) is 12.1 Å². The van der Waals surface area contributed by atoms with Gasteiger partial charge in [0.2, 0.25) is 0 Å². The number of hydrogen-bond donors (Lipinski definition) is 2. The first-order valence-corrected chi connectivity index (χ1v) is 6.93. The quantitative estimate of drug-likeness (QED) is 0.859. The third-order valence-corrected chi connectivity index (χ3v) is 3.37. The average molecular weight is 289 g/mol. The Morgan fingerprint density at radius 1 is 1.19 bits per heavy atom. The molecule has 2 rings (SSSR count). The molecule has 0 amide bonds. The summed E-state index contributed by atoms with van der Waals surface area (Å²) in [6.45, 7) is 1.72. The summed E-state index contributed by atoms with van der Waals surface area (Å²) >= 11 is 0. The topological polar surface area (TPSA) is 55.5 Å². The molecule has 0 saturated heterocycles. The standard InChI is InChI=1S/C17H20FNO2/c1-12-7-8-14(10-15(12)18)21-11-17(20)16(19)9-13-5-3-2-4-6-13/h2-8,10,16-17,20H,9,11,19H2,1H3. The Balaban J connectivity index is 1.86. The van der Waals surface area contributed by atoms with Gasteiger partial charge in [0.05, 0.1) is 0 Å². The predicted molar refractivity (Wildman–Crippen MR) is 80.8 cm³/mol. The lowest BCUT2D eigenvalue weighted by molar-refractivity contribution is 0.0850. The van der Waals surface area contributed by atoms with E-state index in [1.54, 1.807) is 19.1 Å². The molecule has 0 radical (unpaired) electrons. The van der Waals surface area contributed by atoms with E-state index in [-0.39, 0.29) is 12.4 Å². The molecule has 0 aliphatic rings. The van der Waals surface area contributed by atoms with Crippen LogP contribution in [0.3, 0.4) is 0 Å². The van der Waals surface area contributed by atoms with E-state index in [4.69, 9.17) is 10.5 Å². The minimum absolute atomic E-state index is 0.0382. The first-order valence-electron chi connectivity index (χ1n) is 6.93. The van der Waals surface area contributed by atoms with Crippen molar-refractivity contribution in [2.24, 2.45) is 5.73 Å². The second-order valence-electron chi connectivity index (χ2n) is 5.14. The van der Waals surface area contributed by atoms with Crippen molar-refractivity contribution in [2.45, 2.75) is 25.5 Å². The average Bonchev–Trinajstić information content (AvgIpc) is 2.49. The van der Waals surface area contributed by atoms with Crippen molar-refractivity contribution in [3.63, 3.8) is 0 Å². The lowest BCUT2D eigenvalue weighted by atomic mass is 10.0. The molecule has 0 aliphatic carbocycles. The van der Waals surface area contributed by atoms with Crippen molar-refractivity contribution in [1.82, 2.24) is 0 Å². The molecule has 0 aromatic heterocycles. The number of aliphatic hydroxyl groups excluding tert-OH is 1. The molecule has 112 valence electrons. The van der Waals surface area contributed by atoms with Crippen LogP contribution in [0.4, 0.5) is 4.39 Å². The fraction of sp³-hybridized carbons (Fsp3) is 0.294. The summed E-state index contributed by atoms with van der Waals surface area (Å²) in [6.07, 6.45) is -0.247. The minimum Gasteiger partial charge on any atom is -0.491 e. The van der Waals surface area contributed by atoms with Gasteiger partial charge in [0.25, 0.3) is 0 Å². The van der Waals surface area contributed by atoms with Gasteiger partial charge in [-0.15, -0.1) is 0 Å². The highest BCUT2D eigenvalue weighted by molar-refractivity contribution is 5.28. The van der Waals surface area contributed by atoms with Crippen molar-refractivity contribution in [3.05, 3.63) is 65.5 Å². The van der Waals surface area contributed by atoms with E-state index in [2.05, 4.69) is 0 Å². The van der Waals surface area contributed by atoms with Gasteiger partial charge in [0.1, 0.15) is 24.3 Å². The van der Waals surface area contributed by atoms with Gasteiger partial charge < -0.3 is 15.6 Å². The van der Waals surface area contributed by atoms with Crippen LogP contribution >= 0.6 is 0 Å². The van der Waals surface area contributed by atoms with Crippen LogP contribution < -0.4 is 10.5 Å². The van der Waals surface area contributed by atoms with E-state index in [0.29, 0.717) is 17.7 Å². The van der Waals surface area contributed by atoms with E-state index in [9.17, 15) is 9.50 Å². The molecular weight excluding hydrogens is 269 g/mol. The Hall–Kier alpha value is -1.91. The number of halogens is 1. The van der Waals surface area contributed by atoms with Gasteiger partial charge in [-0.3, -0.25) is 0 Å². The smallest absolute Gasteiger partial charge is 0.129 e. The number of aliphatic hydroxyl groups is 1. The summed E-state index contributed by atoms with van der Waals surface area (Å²) in [7, 11) is 0. The van der Waals surface area contributed by atoms with Crippen LogP contribution in [0.15, 0.2) is 48.5 Å². The highest BCUT2D eigenvalue weighted by Gasteiger charge is 2.16. The molecule has 3 N–H and O–H groups in total. The summed E-state index contributed by atoms with van der Waals surface area (Å²) in [6, 6.07) is 13.9. The molecule has 3 nitrogen and oxygen atoms in total. The molecule has 0 saturated carbocycles. The Bertz CT molecular complexity index is 574. The largest absolute Gasteiger partial charge is 0.491 e. The zero-order valence-electron chi connectivity index (χ0n) is 12.0. The van der Waals surface area contributed by atoms with Gasteiger partial charge in [-0.05, 0) is 30.5 Å². The number of aryl methyl sites for hydroxylation is 1. The molecule has 0 heterocycles. The summed E-state index contributed by atoms with van der Waals surface area (Å²) in [5.41, 5.74) is 7.58. The van der Waals surface area contributed by atoms with Gasteiger partial charge >= 0.3 is 0 Å². The normalized spacial score (nSPS) is 13.7. The summed E-state index contributed by atoms with van der Waals surface area (Å²) in [4.78, 5) is 0. The van der Waals surface area contributed by atoms with Crippen molar-refractivity contribution in [2.75, 3.05) is 6.61 Å². The van der Waals surface area contributed by atoms with Crippen LogP contribution in [0.1, 0.15) is 11.1 Å². The lowest BCUT2D eigenvalue weighted by Crippen LogP contribution is -2.40. The van der Waals surface area contributed by atoms with E-state index >= 15 is 0 Å². The Labute approximate surface area is 124 Å². The van der Waals surface area contributed by atoms with Crippen LogP contribution in [-0.4, -0.2) is 23.9 Å². The monoisotopic (exact) mass is 289 g/mol. The molecule has 0 aliphatic heterocycles. The van der Waals surface area contributed by atoms with Crippen LogP contribution in [0.2, 0.25) is 0 Å². The fourth-order valence-corrected chi connectivity index (χ4v) is 1.99. The van der Waals surface area contributed by atoms with Crippen LogP contribution in [0, 0.1) is 12.7 Å². The lowest BCUT2D eigenvalue weighted by Gasteiger charge is -2.19. The van der Waals surface area contributed by atoms with Crippen molar-refractivity contribution in [3.8, 4) is 5.75 Å². The van der Waals surface area contributed by atoms with Gasteiger partial charge in [-0.2, -0.15) is 0 Å². The van der Waals surface area contributed by atoms with Crippen LogP contribution in [0.25, 0.3) is 0 Å². The maximum absolute atomic E-state index is 13.4. The van der Waals surface area contributed by atoms with Crippen LogP contribution in [0.5, 0.6) is 5.75 Å². The molecule has 0 fully saturated rings. The molecule has 2 aromatic rings. The third-order valence-electron chi connectivity index (χ3n) is 3.37. The molecular formula is C17H20FNO2. The highest BCUT2D eigenvalue weighted by Crippen LogP contribution is 2.16. The first kappa shape index (κ1) is 15.5. The van der Waals surface area contributed by atoms with Gasteiger partial charge in [0.15, 0.2) is 0 Å². The Morgan fingerprint density at radius 3 is 2.57 bits per heavy atom. The molecule has 2 aromatic carbocycles. The maximum Gasteiger partial charge on any atom is 0.129 e. The number of benzene rings is 2. The Morgan fingerprint density at radius 2 is 1.90 bits per heavy atom. The van der Waals surface area contributed by atoms with E-state index < -0.39 is 12.1 Å². The number of hydrogen-bond acceptors (Lipinski definition) is 3. The SMILES string of the molecule is Cc1ccc(OCC(O)C(N)Cc2ccccc2)cc1F. The molecule has 2 atom stereocenters. The highest BCUT2D eigenvalue weighted by atomic mass is 19.1. The molecule has 21 heavy (non-hydrogen) atoms. The van der Waals surface area contributed by atoms with Crippen molar-refractivity contribution < 1.29 is 14.2 Å². The molecule has 4 heteroatoms. The van der Waals surface area contributed by atoms with E-state index in [1.807, 2.05) is 30.3 Å². The maximum atomic E-state index is 13.4. The minimum atomic E-state index is -0.811. The third kappa shape index (κ3) is 4.55. The summed E-state index contributed by atoms with van der Waals surface area (Å²) in [5.74, 6) is 0.0691. The molecule has 0 spiro atoms. The zero-order valence-corrected chi connectivity index (χ0v) is 12.0. The molecule has 0 bridgehead atoms. The van der Waals surface area contributed by atoms with Crippen LogP contribution in [-0.2, 0) is 6.42 Å². The Kier molecular flexibility index (Phi) is 5.31. The summed E-state index contributed by atoms with van der Waals surface area (Å²) < 4.78 is 18.8. The molecule has 2 unspecified atom stereocenters. The second kappa shape index (κ2) is 7.20. The van der Waals surface area contributed by atoms with Gasteiger partial charge in [-0.1, -0.05) is 36.4 Å². The number of ether oxygens (including phenoxy) is 1. The zero-order chi connectivity index (χ0) is 15.2. The second-order valence-corrected chi connectivity index (χ2v) is 5.14. The summed E-state index contributed by atoms with van der Waals surface area (Å²) in [5, 5.41) is 10.0. The number of nitrogens with two attached hydrogens (primary N) is 1. The fourth-order valence-electron chi connectivity index (χ4n) is 1.99. The predicted octanol–water partition coefficient (Wildman–Crippen LogP) is 2.44.